The molecule has 2 aliphatic rings. The number of aromatic nitrogens is 2. The Hall–Kier alpha value is -1.86. The van der Waals surface area contributed by atoms with Gasteiger partial charge in [-0.05, 0) is 38.7 Å². The molecule has 0 spiro atoms. The highest BCUT2D eigenvalue weighted by atomic mass is 19.4. The third-order valence-corrected chi connectivity index (χ3v) is 5.22. The van der Waals surface area contributed by atoms with Crippen LogP contribution < -0.4 is 4.90 Å². The monoisotopic (exact) mass is 343 g/mol. The number of hydrogen-bond donors (Lipinski definition) is 0. The van der Waals surface area contributed by atoms with Gasteiger partial charge in [-0.3, -0.25) is 4.79 Å². The van der Waals surface area contributed by atoms with Crippen LogP contribution in [0.5, 0.6) is 0 Å². The van der Waals surface area contributed by atoms with Gasteiger partial charge < -0.3 is 9.64 Å². The summed E-state index contributed by atoms with van der Waals surface area (Å²) < 4.78 is 44.0. The minimum Gasteiger partial charge on any atom is -0.466 e. The van der Waals surface area contributed by atoms with Crippen LogP contribution in [0.2, 0.25) is 0 Å². The predicted octanol–water partition coefficient (Wildman–Crippen LogP) is 3.20. The first-order valence-electron chi connectivity index (χ1n) is 8.19. The second-order valence-corrected chi connectivity index (χ2v) is 6.33. The summed E-state index contributed by atoms with van der Waals surface area (Å²) in [6.07, 6.45) is -0.669. The Bertz CT molecular complexity index is 637. The summed E-state index contributed by atoms with van der Waals surface area (Å²) in [5.41, 5.74) is -1.65. The second-order valence-electron chi connectivity index (χ2n) is 6.33. The van der Waals surface area contributed by atoms with Crippen molar-refractivity contribution in [3.05, 3.63) is 18.0 Å². The maximum Gasteiger partial charge on any atom is 0.433 e. The third kappa shape index (κ3) is 2.52. The number of fused-ring (bicyclic) bond motifs is 2. The summed E-state index contributed by atoms with van der Waals surface area (Å²) in [6.45, 7) is 3.96. The highest BCUT2D eigenvalue weighted by Gasteiger charge is 2.60. The minimum atomic E-state index is -4.51. The van der Waals surface area contributed by atoms with Crippen LogP contribution >= 0.6 is 0 Å². The Morgan fingerprint density at radius 2 is 2.17 bits per heavy atom. The molecule has 0 aliphatic carbocycles. The molecule has 3 atom stereocenters. The van der Waals surface area contributed by atoms with Gasteiger partial charge in [0.25, 0.3) is 0 Å². The quantitative estimate of drug-likeness (QED) is 0.786. The molecule has 24 heavy (non-hydrogen) atoms. The van der Waals surface area contributed by atoms with Gasteiger partial charge in [-0.1, -0.05) is 6.92 Å². The second kappa shape index (κ2) is 5.89. The largest absolute Gasteiger partial charge is 0.466 e. The SMILES string of the molecule is CCOC(=O)[C@@]1(CC)C[C@H]2CC[C@@H]1N2c1nccc(C(F)(F)F)n1. The van der Waals surface area contributed by atoms with Crippen LogP contribution in [0, 0.1) is 5.41 Å². The fraction of sp³-hybridized carbons (Fsp3) is 0.688. The molecule has 0 N–H and O–H groups in total. The summed E-state index contributed by atoms with van der Waals surface area (Å²) in [6, 6.07) is 0.623. The number of rotatable bonds is 4. The molecular formula is C16H20F3N3O2. The molecule has 0 radical (unpaired) electrons. The predicted molar refractivity (Wildman–Crippen MR) is 80.3 cm³/mol. The van der Waals surface area contributed by atoms with Crippen LogP contribution in [0.3, 0.4) is 0 Å². The van der Waals surface area contributed by atoms with Crippen LogP contribution in [-0.2, 0) is 15.7 Å². The lowest BCUT2D eigenvalue weighted by Gasteiger charge is -2.34. The van der Waals surface area contributed by atoms with Gasteiger partial charge in [0, 0.05) is 18.3 Å². The van der Waals surface area contributed by atoms with E-state index in [4.69, 9.17) is 4.74 Å². The molecule has 3 rings (SSSR count). The zero-order chi connectivity index (χ0) is 17.5. The van der Waals surface area contributed by atoms with E-state index >= 15 is 0 Å². The zero-order valence-electron chi connectivity index (χ0n) is 13.6. The number of halogens is 3. The van der Waals surface area contributed by atoms with Gasteiger partial charge in [0.2, 0.25) is 5.95 Å². The van der Waals surface area contributed by atoms with Gasteiger partial charge >= 0.3 is 12.1 Å². The number of alkyl halides is 3. The highest BCUT2D eigenvalue weighted by Crippen LogP contribution is 2.53. The van der Waals surface area contributed by atoms with Crippen molar-refractivity contribution in [1.82, 2.24) is 9.97 Å². The first-order valence-corrected chi connectivity index (χ1v) is 8.19. The molecule has 5 nitrogen and oxygen atoms in total. The van der Waals surface area contributed by atoms with Crippen molar-refractivity contribution in [2.24, 2.45) is 5.41 Å². The summed E-state index contributed by atoms with van der Waals surface area (Å²) in [5.74, 6) is -0.214. The van der Waals surface area contributed by atoms with Gasteiger partial charge in [0.15, 0.2) is 0 Å². The van der Waals surface area contributed by atoms with E-state index in [0.717, 1.165) is 25.1 Å². The normalized spacial score (nSPS) is 29.1. The standard InChI is InChI=1S/C16H20F3N3O2/c1-3-15(13(23)24-4-2)9-10-5-6-12(15)22(10)14-20-8-7-11(21-14)16(17,18)19/h7-8,10,12H,3-6,9H2,1-2H3/t10-,12+,15+/m1/s1. The van der Waals surface area contributed by atoms with E-state index in [0.29, 0.717) is 12.8 Å². The molecule has 0 amide bonds. The molecule has 0 saturated carbocycles. The fourth-order valence-electron chi connectivity index (χ4n) is 4.13. The molecule has 8 heteroatoms. The lowest BCUT2D eigenvalue weighted by Crippen LogP contribution is -2.44. The summed E-state index contributed by atoms with van der Waals surface area (Å²) in [4.78, 5) is 22.1. The lowest BCUT2D eigenvalue weighted by molar-refractivity contribution is -0.157. The van der Waals surface area contributed by atoms with Crippen molar-refractivity contribution < 1.29 is 22.7 Å². The van der Waals surface area contributed by atoms with E-state index in [1.54, 1.807) is 11.8 Å². The minimum absolute atomic E-state index is 0.0251. The van der Waals surface area contributed by atoms with Crippen LogP contribution in [-0.4, -0.2) is 34.6 Å². The third-order valence-electron chi connectivity index (χ3n) is 5.22. The number of ether oxygens (including phenoxy) is 1. The Balaban J connectivity index is 1.95. The Morgan fingerprint density at radius 1 is 1.42 bits per heavy atom. The summed E-state index contributed by atoms with van der Waals surface area (Å²) in [7, 11) is 0. The molecule has 2 bridgehead atoms. The average Bonchev–Trinajstić information content (AvgIpc) is 3.10. The van der Waals surface area contributed by atoms with Gasteiger partial charge in [0.05, 0.1) is 12.0 Å². The number of anilines is 1. The molecule has 1 aromatic rings. The van der Waals surface area contributed by atoms with Crippen molar-refractivity contribution in [1.29, 1.82) is 0 Å². The summed E-state index contributed by atoms with van der Waals surface area (Å²) >= 11 is 0. The van der Waals surface area contributed by atoms with Crippen molar-refractivity contribution in [3.63, 3.8) is 0 Å². The maximum atomic E-state index is 12.9. The molecule has 2 saturated heterocycles. The number of esters is 1. The van der Waals surface area contributed by atoms with Crippen molar-refractivity contribution >= 4 is 11.9 Å². The van der Waals surface area contributed by atoms with Crippen LogP contribution in [0.1, 0.15) is 45.2 Å². The molecule has 2 fully saturated rings. The van der Waals surface area contributed by atoms with Crippen LogP contribution in [0.4, 0.5) is 19.1 Å². The van der Waals surface area contributed by atoms with E-state index in [1.165, 1.54) is 0 Å². The molecule has 2 aliphatic heterocycles. The average molecular weight is 343 g/mol. The Morgan fingerprint density at radius 3 is 2.79 bits per heavy atom. The van der Waals surface area contributed by atoms with Gasteiger partial charge in [-0.15, -0.1) is 0 Å². The van der Waals surface area contributed by atoms with Gasteiger partial charge in [-0.25, -0.2) is 9.97 Å². The number of hydrogen-bond acceptors (Lipinski definition) is 5. The Kier molecular flexibility index (Phi) is 4.17. The van der Waals surface area contributed by atoms with E-state index in [9.17, 15) is 18.0 Å². The molecule has 3 heterocycles. The smallest absolute Gasteiger partial charge is 0.433 e. The van der Waals surface area contributed by atoms with Crippen molar-refractivity contribution in [2.75, 3.05) is 11.5 Å². The first kappa shape index (κ1) is 17.0. The van der Waals surface area contributed by atoms with Gasteiger partial charge in [-0.2, -0.15) is 13.2 Å². The first-order chi connectivity index (χ1) is 11.3. The van der Waals surface area contributed by atoms with Crippen molar-refractivity contribution in [2.45, 2.75) is 57.8 Å². The van der Waals surface area contributed by atoms with Crippen molar-refractivity contribution in [3.8, 4) is 0 Å². The molecule has 132 valence electrons. The van der Waals surface area contributed by atoms with E-state index in [2.05, 4.69) is 9.97 Å². The summed E-state index contributed by atoms with van der Waals surface area (Å²) in [5, 5.41) is 0. The highest BCUT2D eigenvalue weighted by molar-refractivity contribution is 5.80. The molecule has 0 aromatic carbocycles. The van der Waals surface area contributed by atoms with Gasteiger partial charge in [0.1, 0.15) is 5.69 Å². The van der Waals surface area contributed by atoms with E-state index < -0.39 is 17.3 Å². The fourth-order valence-corrected chi connectivity index (χ4v) is 4.13. The lowest BCUT2D eigenvalue weighted by atomic mass is 9.72. The molecule has 1 aromatic heterocycles. The van der Waals surface area contributed by atoms with E-state index in [1.807, 2.05) is 6.92 Å². The molecular weight excluding hydrogens is 323 g/mol. The van der Waals surface area contributed by atoms with Crippen LogP contribution in [0.25, 0.3) is 0 Å². The topological polar surface area (TPSA) is 55.3 Å². The van der Waals surface area contributed by atoms with Crippen LogP contribution in [0.15, 0.2) is 12.3 Å². The maximum absolute atomic E-state index is 12.9. The zero-order valence-corrected chi connectivity index (χ0v) is 13.6. The van der Waals surface area contributed by atoms with E-state index in [-0.39, 0.29) is 30.6 Å². The molecule has 0 unspecified atom stereocenters. The Labute approximate surface area is 138 Å². The number of carbonyl (C=O) groups is 1. The number of carbonyl (C=O) groups excluding carboxylic acids is 1. The number of nitrogens with zero attached hydrogens (tertiary/aromatic N) is 3.